The summed E-state index contributed by atoms with van der Waals surface area (Å²) in [6, 6.07) is 21.2. The molecule has 0 aromatic heterocycles. The fourth-order valence-electron chi connectivity index (χ4n) is 2.07. The molecule has 0 fully saturated rings. The van der Waals surface area contributed by atoms with Crippen molar-refractivity contribution in [3.05, 3.63) is 94.8 Å². The van der Waals surface area contributed by atoms with Gasteiger partial charge in [0.1, 0.15) is 0 Å². The van der Waals surface area contributed by atoms with Crippen LogP contribution in [0.25, 0.3) is 0 Å². The minimum Gasteiger partial charge on any atom is -0.0770 e. The monoisotopic (exact) mass is 418 g/mol. The van der Waals surface area contributed by atoms with Crippen molar-refractivity contribution in [1.82, 2.24) is 0 Å². The van der Waals surface area contributed by atoms with Crippen molar-refractivity contribution >= 4 is 43.2 Å². The van der Waals surface area contributed by atoms with Crippen molar-refractivity contribution in [3.63, 3.8) is 0 Å². The first-order chi connectivity index (χ1) is 10.9. The van der Waals surface area contributed by atoms with E-state index in [1.807, 2.05) is 43.2 Å². The summed E-state index contributed by atoms with van der Waals surface area (Å²) in [4.78, 5) is 0. The fraction of sp³-hybridized carbons (Fsp3) is 0.111. The van der Waals surface area contributed by atoms with E-state index in [1.165, 1.54) is 11.1 Å². The Kier molecular flexibility index (Phi) is 8.85. The predicted octanol–water partition coefficient (Wildman–Crippen LogP) is 7.27. The molecule has 0 radical (unpaired) electrons. The molecule has 5 heteroatoms. The summed E-state index contributed by atoms with van der Waals surface area (Å²) in [5.41, 5.74) is 2.80. The topological polar surface area (TPSA) is 0 Å². The van der Waals surface area contributed by atoms with E-state index in [1.54, 1.807) is 0 Å². The second kappa shape index (κ2) is 10.6. The molecule has 0 N–H and O–H groups in total. The Balaban J connectivity index is 0.000000160. The number of benzene rings is 2. The van der Waals surface area contributed by atoms with Gasteiger partial charge >= 0.3 is 0 Å². The SMILES string of the molecule is C1=CC(c2ccccc2)SS1.C1=CC(c2ccccc2)SS1.[Ni]. The molecule has 0 nitrogen and oxygen atoms in total. The summed E-state index contributed by atoms with van der Waals surface area (Å²) in [6.45, 7) is 0. The van der Waals surface area contributed by atoms with Gasteiger partial charge in [-0.05, 0) is 21.9 Å². The van der Waals surface area contributed by atoms with Crippen molar-refractivity contribution < 1.29 is 16.5 Å². The molecule has 2 aliphatic rings. The van der Waals surface area contributed by atoms with Gasteiger partial charge in [-0.1, -0.05) is 116 Å². The van der Waals surface area contributed by atoms with Crippen LogP contribution in [-0.2, 0) is 16.5 Å². The minimum absolute atomic E-state index is 0. The van der Waals surface area contributed by atoms with E-state index >= 15 is 0 Å². The van der Waals surface area contributed by atoms with Crippen LogP contribution in [0.2, 0.25) is 0 Å². The van der Waals surface area contributed by atoms with Gasteiger partial charge < -0.3 is 0 Å². The Bertz CT molecular complexity index is 570. The van der Waals surface area contributed by atoms with Crippen LogP contribution in [0.15, 0.2) is 83.6 Å². The third-order valence-corrected chi connectivity index (χ3v) is 7.80. The van der Waals surface area contributed by atoms with Crippen LogP contribution in [0.5, 0.6) is 0 Å². The molecule has 2 atom stereocenters. The summed E-state index contributed by atoms with van der Waals surface area (Å²) in [6.07, 6.45) is 4.48. The Morgan fingerprint density at radius 2 is 0.957 bits per heavy atom. The molecular weight excluding hydrogens is 403 g/mol. The number of rotatable bonds is 2. The van der Waals surface area contributed by atoms with Crippen molar-refractivity contribution in [1.29, 1.82) is 0 Å². The summed E-state index contributed by atoms with van der Waals surface area (Å²) in [5, 5.41) is 5.45. The van der Waals surface area contributed by atoms with Crippen LogP contribution in [0.3, 0.4) is 0 Å². The largest absolute Gasteiger partial charge is 0.0770 e. The van der Waals surface area contributed by atoms with Crippen LogP contribution < -0.4 is 0 Å². The van der Waals surface area contributed by atoms with E-state index in [2.05, 4.69) is 83.6 Å². The molecule has 23 heavy (non-hydrogen) atoms. The van der Waals surface area contributed by atoms with E-state index in [4.69, 9.17) is 0 Å². The normalized spacial score (nSPS) is 21.4. The molecule has 0 amide bonds. The zero-order chi connectivity index (χ0) is 15.0. The maximum Gasteiger partial charge on any atom is 0.0592 e. The van der Waals surface area contributed by atoms with Gasteiger partial charge in [0.2, 0.25) is 0 Å². The van der Waals surface area contributed by atoms with Gasteiger partial charge in [-0.15, -0.1) is 0 Å². The van der Waals surface area contributed by atoms with Crippen LogP contribution in [0.4, 0.5) is 0 Å². The maximum atomic E-state index is 2.24. The molecule has 0 spiro atoms. The van der Waals surface area contributed by atoms with Crippen LogP contribution in [-0.4, -0.2) is 0 Å². The van der Waals surface area contributed by atoms with Gasteiger partial charge in [-0.25, -0.2) is 0 Å². The van der Waals surface area contributed by atoms with Gasteiger partial charge in [0, 0.05) is 16.5 Å². The third kappa shape index (κ3) is 5.99. The van der Waals surface area contributed by atoms with Crippen molar-refractivity contribution in [2.24, 2.45) is 0 Å². The molecule has 2 heterocycles. The molecule has 2 aromatic carbocycles. The molecular formula is C18H16NiS4. The average molecular weight is 419 g/mol. The quantitative estimate of drug-likeness (QED) is 0.371. The maximum absolute atomic E-state index is 2.24. The zero-order valence-electron chi connectivity index (χ0n) is 12.2. The van der Waals surface area contributed by atoms with Crippen molar-refractivity contribution in [2.75, 3.05) is 0 Å². The molecule has 2 aromatic rings. The van der Waals surface area contributed by atoms with Crippen LogP contribution >= 0.6 is 43.2 Å². The summed E-state index contributed by atoms with van der Waals surface area (Å²) >= 11 is 0. The first-order valence-corrected chi connectivity index (χ1v) is 11.6. The predicted molar refractivity (Wildman–Crippen MR) is 107 cm³/mol. The van der Waals surface area contributed by atoms with Crippen molar-refractivity contribution in [3.8, 4) is 0 Å². The van der Waals surface area contributed by atoms with Gasteiger partial charge in [-0.3, -0.25) is 0 Å². The average Bonchev–Trinajstić information content (AvgIpc) is 3.31. The van der Waals surface area contributed by atoms with E-state index in [9.17, 15) is 0 Å². The molecule has 0 aliphatic carbocycles. The zero-order valence-corrected chi connectivity index (χ0v) is 16.4. The Labute approximate surface area is 164 Å². The minimum atomic E-state index is 0. The molecule has 0 saturated carbocycles. The van der Waals surface area contributed by atoms with Crippen molar-refractivity contribution in [2.45, 2.75) is 10.5 Å². The summed E-state index contributed by atoms with van der Waals surface area (Å²) in [7, 11) is 7.43. The Hall–Kier alpha value is -0.186. The molecule has 122 valence electrons. The Morgan fingerprint density at radius 3 is 1.26 bits per heavy atom. The Morgan fingerprint density at radius 1 is 0.565 bits per heavy atom. The number of hydrogen-bond acceptors (Lipinski definition) is 4. The summed E-state index contributed by atoms with van der Waals surface area (Å²) < 4.78 is 0. The molecule has 2 unspecified atom stereocenters. The van der Waals surface area contributed by atoms with Crippen LogP contribution in [0.1, 0.15) is 21.6 Å². The van der Waals surface area contributed by atoms with E-state index in [0.29, 0.717) is 10.5 Å². The molecule has 0 bridgehead atoms. The molecule has 0 saturated heterocycles. The van der Waals surface area contributed by atoms with Gasteiger partial charge in [0.25, 0.3) is 0 Å². The second-order valence-electron chi connectivity index (χ2n) is 4.70. The molecule has 4 rings (SSSR count). The summed E-state index contributed by atoms with van der Waals surface area (Å²) in [5.74, 6) is 0. The molecule has 2 aliphatic heterocycles. The fourth-order valence-corrected chi connectivity index (χ4v) is 6.44. The first-order valence-electron chi connectivity index (χ1n) is 7.01. The second-order valence-corrected chi connectivity index (χ2v) is 9.34. The first kappa shape index (κ1) is 19.1. The van der Waals surface area contributed by atoms with Gasteiger partial charge in [0.15, 0.2) is 0 Å². The van der Waals surface area contributed by atoms with Gasteiger partial charge in [-0.2, -0.15) is 0 Å². The standard InChI is InChI=1S/2C9H8S2.Ni/c2*1-2-4-8(5-3-1)9-6-7-10-11-9;/h2*1-7,9H;. The smallest absolute Gasteiger partial charge is 0.0592 e. The third-order valence-electron chi connectivity index (χ3n) is 3.19. The van der Waals surface area contributed by atoms with E-state index in [0.717, 1.165) is 0 Å². The van der Waals surface area contributed by atoms with E-state index in [-0.39, 0.29) is 16.5 Å². The van der Waals surface area contributed by atoms with Crippen LogP contribution in [0, 0.1) is 0 Å². The van der Waals surface area contributed by atoms with Gasteiger partial charge in [0.05, 0.1) is 10.5 Å². The van der Waals surface area contributed by atoms with E-state index < -0.39 is 0 Å². The number of hydrogen-bond donors (Lipinski definition) is 0.